The fourth-order valence-corrected chi connectivity index (χ4v) is 3.03. The third-order valence-corrected chi connectivity index (χ3v) is 4.59. The lowest BCUT2D eigenvalue weighted by atomic mass is 9.82. The van der Waals surface area contributed by atoms with Gasteiger partial charge in [0, 0.05) is 12.6 Å². The summed E-state index contributed by atoms with van der Waals surface area (Å²) in [5.41, 5.74) is -1.15. The zero-order valence-corrected chi connectivity index (χ0v) is 15.0. The van der Waals surface area contributed by atoms with Gasteiger partial charge >= 0.3 is 6.09 Å². The van der Waals surface area contributed by atoms with E-state index in [0.717, 1.165) is 25.7 Å². The summed E-state index contributed by atoms with van der Waals surface area (Å²) in [4.78, 5) is 11.8. The van der Waals surface area contributed by atoms with Crippen molar-refractivity contribution in [2.24, 2.45) is 5.92 Å². The molecule has 0 aromatic rings. The summed E-state index contributed by atoms with van der Waals surface area (Å²) >= 11 is 0. The molecule has 1 amide bonds. The highest BCUT2D eigenvalue weighted by Gasteiger charge is 2.34. The minimum absolute atomic E-state index is 0.0945. The predicted octanol–water partition coefficient (Wildman–Crippen LogP) is 1.79. The van der Waals surface area contributed by atoms with Gasteiger partial charge in [0.2, 0.25) is 0 Å². The average molecular weight is 330 g/mol. The van der Waals surface area contributed by atoms with Crippen molar-refractivity contribution >= 4 is 6.09 Å². The second kappa shape index (κ2) is 8.85. The average Bonchev–Trinajstić information content (AvgIpc) is 2.50. The number of hydrogen-bond donors (Lipinski definition) is 4. The van der Waals surface area contributed by atoms with Gasteiger partial charge in [-0.3, -0.25) is 0 Å². The molecule has 0 spiro atoms. The Morgan fingerprint density at radius 1 is 1.17 bits per heavy atom. The number of rotatable bonds is 7. The van der Waals surface area contributed by atoms with Crippen LogP contribution in [0.15, 0.2) is 0 Å². The Morgan fingerprint density at radius 3 is 2.30 bits per heavy atom. The minimum Gasteiger partial charge on any atom is -0.444 e. The van der Waals surface area contributed by atoms with E-state index in [1.165, 1.54) is 0 Å². The van der Waals surface area contributed by atoms with Crippen molar-refractivity contribution in [1.29, 1.82) is 0 Å². The molecule has 0 saturated heterocycles. The zero-order valence-electron chi connectivity index (χ0n) is 15.0. The number of carbonyl (C=O) groups excluding carboxylic acids is 1. The fraction of sp³-hybridized carbons (Fsp3) is 0.941. The Balaban J connectivity index is 2.59. The molecule has 1 aliphatic carbocycles. The molecule has 6 heteroatoms. The molecule has 6 nitrogen and oxygen atoms in total. The van der Waals surface area contributed by atoms with Crippen molar-refractivity contribution in [1.82, 2.24) is 10.6 Å². The second-order valence-electron chi connectivity index (χ2n) is 7.63. The third kappa shape index (κ3) is 6.65. The molecule has 2 atom stereocenters. The second-order valence-corrected chi connectivity index (χ2v) is 7.63. The van der Waals surface area contributed by atoms with Crippen LogP contribution in [-0.2, 0) is 4.74 Å². The first-order chi connectivity index (χ1) is 10.7. The van der Waals surface area contributed by atoms with Crippen LogP contribution in [-0.4, -0.2) is 53.2 Å². The van der Waals surface area contributed by atoms with Crippen molar-refractivity contribution in [3.8, 4) is 0 Å². The number of nitrogens with one attached hydrogen (secondary N) is 2. The van der Waals surface area contributed by atoms with Gasteiger partial charge in [0.15, 0.2) is 0 Å². The summed E-state index contributed by atoms with van der Waals surface area (Å²) in [5.74, 6) is 0.278. The molecule has 1 fully saturated rings. The smallest absolute Gasteiger partial charge is 0.407 e. The van der Waals surface area contributed by atoms with Crippen molar-refractivity contribution in [2.45, 2.75) is 77.0 Å². The first kappa shape index (κ1) is 20.2. The Hall–Kier alpha value is -0.850. The summed E-state index contributed by atoms with van der Waals surface area (Å²) in [7, 11) is 0. The van der Waals surface area contributed by atoms with Crippen LogP contribution < -0.4 is 10.6 Å². The molecule has 0 heterocycles. The highest BCUT2D eigenvalue weighted by molar-refractivity contribution is 5.67. The van der Waals surface area contributed by atoms with Gasteiger partial charge in [0.1, 0.15) is 5.60 Å². The Morgan fingerprint density at radius 2 is 1.78 bits per heavy atom. The van der Waals surface area contributed by atoms with Crippen molar-refractivity contribution in [3.63, 3.8) is 0 Å². The number of carbonyl (C=O) groups is 1. The topological polar surface area (TPSA) is 90.8 Å². The summed E-state index contributed by atoms with van der Waals surface area (Å²) in [5, 5.41) is 25.6. The van der Waals surface area contributed by atoms with Gasteiger partial charge in [-0.1, -0.05) is 19.8 Å². The molecular formula is C17H34N2O4. The first-order valence-electron chi connectivity index (χ1n) is 8.71. The maximum absolute atomic E-state index is 11.8. The highest BCUT2D eigenvalue weighted by Crippen LogP contribution is 2.26. The van der Waals surface area contributed by atoms with Crippen LogP contribution in [0, 0.1) is 5.92 Å². The summed E-state index contributed by atoms with van der Waals surface area (Å²) < 4.78 is 5.28. The van der Waals surface area contributed by atoms with Gasteiger partial charge in [0.25, 0.3) is 0 Å². The standard InChI is InChI=1S/C17H34N2O4/c1-5-17(11-20,12-21)19-14-9-7-6-8-13(14)10-18-15(22)23-16(2,3)4/h13-14,19-21H,5-12H2,1-4H3,(H,18,22). The van der Waals surface area contributed by atoms with E-state index in [-0.39, 0.29) is 25.2 Å². The van der Waals surface area contributed by atoms with Crippen molar-refractivity contribution in [3.05, 3.63) is 0 Å². The quantitative estimate of drug-likeness (QED) is 0.571. The molecule has 1 aliphatic rings. The molecule has 23 heavy (non-hydrogen) atoms. The van der Waals surface area contributed by atoms with Crippen LogP contribution in [0.3, 0.4) is 0 Å². The number of hydrogen-bond acceptors (Lipinski definition) is 5. The number of aliphatic hydroxyl groups is 2. The molecule has 0 radical (unpaired) electrons. The maximum Gasteiger partial charge on any atom is 0.407 e. The zero-order chi connectivity index (χ0) is 17.5. The van der Waals surface area contributed by atoms with Crippen LogP contribution in [0.25, 0.3) is 0 Å². The third-order valence-electron chi connectivity index (χ3n) is 4.59. The van der Waals surface area contributed by atoms with E-state index < -0.39 is 17.2 Å². The van der Waals surface area contributed by atoms with Gasteiger partial charge in [-0.25, -0.2) is 4.79 Å². The number of ether oxygens (including phenoxy) is 1. The van der Waals surface area contributed by atoms with Gasteiger partial charge in [-0.05, 0) is 46.0 Å². The summed E-state index contributed by atoms with van der Waals surface area (Å²) in [6.45, 7) is 7.84. The summed E-state index contributed by atoms with van der Waals surface area (Å²) in [6, 6.07) is 0.179. The first-order valence-corrected chi connectivity index (χ1v) is 8.71. The van der Waals surface area contributed by atoms with Gasteiger partial charge in [-0.2, -0.15) is 0 Å². The van der Waals surface area contributed by atoms with E-state index in [1.807, 2.05) is 27.7 Å². The molecule has 1 rings (SSSR count). The lowest BCUT2D eigenvalue weighted by molar-refractivity contribution is 0.0471. The Kier molecular flexibility index (Phi) is 7.77. The van der Waals surface area contributed by atoms with E-state index in [0.29, 0.717) is 13.0 Å². The largest absolute Gasteiger partial charge is 0.444 e. The molecule has 0 aliphatic heterocycles. The Bertz CT molecular complexity index is 356. The lowest BCUT2D eigenvalue weighted by Gasteiger charge is -2.40. The van der Waals surface area contributed by atoms with Crippen LogP contribution in [0.1, 0.15) is 59.8 Å². The van der Waals surface area contributed by atoms with Crippen LogP contribution in [0.5, 0.6) is 0 Å². The normalized spacial score (nSPS) is 22.7. The fourth-order valence-electron chi connectivity index (χ4n) is 3.03. The van der Waals surface area contributed by atoms with Crippen LogP contribution in [0.2, 0.25) is 0 Å². The molecule has 0 aromatic carbocycles. The molecule has 0 aromatic heterocycles. The molecule has 136 valence electrons. The van der Waals surface area contributed by atoms with Crippen molar-refractivity contribution in [2.75, 3.05) is 19.8 Å². The van der Waals surface area contributed by atoms with Crippen LogP contribution in [0.4, 0.5) is 4.79 Å². The summed E-state index contributed by atoms with van der Waals surface area (Å²) in [6.07, 6.45) is 4.52. The van der Waals surface area contributed by atoms with Crippen molar-refractivity contribution < 1.29 is 19.7 Å². The molecule has 2 unspecified atom stereocenters. The SMILES string of the molecule is CCC(CO)(CO)NC1CCCCC1CNC(=O)OC(C)(C)C. The van der Waals surface area contributed by atoms with E-state index in [4.69, 9.17) is 4.74 Å². The van der Waals surface area contributed by atoms with E-state index in [9.17, 15) is 15.0 Å². The van der Waals surface area contributed by atoms with Gasteiger partial charge in [0.05, 0.1) is 18.8 Å². The number of amides is 1. The molecular weight excluding hydrogens is 296 g/mol. The van der Waals surface area contributed by atoms with Gasteiger partial charge < -0.3 is 25.6 Å². The van der Waals surface area contributed by atoms with E-state index in [1.54, 1.807) is 0 Å². The highest BCUT2D eigenvalue weighted by atomic mass is 16.6. The Labute approximate surface area is 140 Å². The molecule has 0 bridgehead atoms. The predicted molar refractivity (Wildman–Crippen MR) is 90.3 cm³/mol. The van der Waals surface area contributed by atoms with Crippen LogP contribution >= 0.6 is 0 Å². The van der Waals surface area contributed by atoms with E-state index in [2.05, 4.69) is 10.6 Å². The minimum atomic E-state index is -0.647. The number of alkyl carbamates (subject to hydrolysis) is 1. The molecule has 4 N–H and O–H groups in total. The number of aliphatic hydroxyl groups excluding tert-OH is 2. The monoisotopic (exact) mass is 330 g/mol. The maximum atomic E-state index is 11.8. The molecule has 1 saturated carbocycles. The van der Waals surface area contributed by atoms with E-state index >= 15 is 0 Å². The van der Waals surface area contributed by atoms with Gasteiger partial charge in [-0.15, -0.1) is 0 Å². The lowest BCUT2D eigenvalue weighted by Crippen LogP contribution is -2.58.